The molecule has 0 fully saturated rings. The summed E-state index contributed by atoms with van der Waals surface area (Å²) in [5.41, 5.74) is 3.21. The second-order valence-electron chi connectivity index (χ2n) is 6.07. The molecule has 0 saturated heterocycles. The fraction of sp³-hybridized carbons (Fsp3) is 0.158. The van der Waals surface area contributed by atoms with Gasteiger partial charge in [0.1, 0.15) is 18.7 Å². The lowest BCUT2D eigenvalue weighted by Gasteiger charge is -2.07. The van der Waals surface area contributed by atoms with Crippen LogP contribution in [0.2, 0.25) is 0 Å². The SMILES string of the molecule is Cc1ccc(NC(=O)Cn2cnc(NC(=O)c3ccc(F)cc3)n2)cc1C. The maximum absolute atomic E-state index is 12.9. The molecule has 0 spiro atoms. The third-order valence-electron chi connectivity index (χ3n) is 3.96. The van der Waals surface area contributed by atoms with E-state index in [-0.39, 0.29) is 24.0 Å². The van der Waals surface area contributed by atoms with Crippen LogP contribution in [0, 0.1) is 19.7 Å². The van der Waals surface area contributed by atoms with Crippen LogP contribution >= 0.6 is 0 Å². The summed E-state index contributed by atoms with van der Waals surface area (Å²) in [6, 6.07) is 10.8. The standard InChI is InChI=1S/C19H18FN5O2/c1-12-3-8-16(9-13(12)2)22-17(26)10-25-11-21-19(24-25)23-18(27)14-4-6-15(20)7-5-14/h3-9,11H,10H2,1-2H3,(H,22,26)(H,23,24,27). The summed E-state index contributed by atoms with van der Waals surface area (Å²) in [5, 5.41) is 9.33. The first-order valence-corrected chi connectivity index (χ1v) is 8.24. The number of rotatable bonds is 5. The minimum atomic E-state index is -0.465. The maximum atomic E-state index is 12.9. The lowest BCUT2D eigenvalue weighted by molar-refractivity contribution is -0.116. The van der Waals surface area contributed by atoms with Gasteiger partial charge in [-0.05, 0) is 61.4 Å². The first-order valence-electron chi connectivity index (χ1n) is 8.24. The molecule has 0 aliphatic carbocycles. The smallest absolute Gasteiger partial charge is 0.258 e. The molecule has 2 N–H and O–H groups in total. The summed E-state index contributed by atoms with van der Waals surface area (Å²) < 4.78 is 14.2. The van der Waals surface area contributed by atoms with E-state index in [1.807, 2.05) is 32.0 Å². The van der Waals surface area contributed by atoms with Crippen LogP contribution in [0.1, 0.15) is 21.5 Å². The van der Waals surface area contributed by atoms with Gasteiger partial charge in [0.2, 0.25) is 11.9 Å². The minimum Gasteiger partial charge on any atom is -0.324 e. The lowest BCUT2D eigenvalue weighted by atomic mass is 10.1. The van der Waals surface area contributed by atoms with Gasteiger partial charge in [-0.1, -0.05) is 6.07 Å². The van der Waals surface area contributed by atoms with Gasteiger partial charge >= 0.3 is 0 Å². The number of carbonyl (C=O) groups excluding carboxylic acids is 2. The Morgan fingerprint density at radius 1 is 1.04 bits per heavy atom. The first-order chi connectivity index (χ1) is 12.9. The van der Waals surface area contributed by atoms with E-state index in [1.54, 1.807) is 0 Å². The van der Waals surface area contributed by atoms with E-state index < -0.39 is 11.7 Å². The first kappa shape index (κ1) is 18.2. The number of carbonyl (C=O) groups is 2. The van der Waals surface area contributed by atoms with E-state index in [0.29, 0.717) is 5.69 Å². The maximum Gasteiger partial charge on any atom is 0.258 e. The summed E-state index contributed by atoms with van der Waals surface area (Å²) in [5.74, 6) is -1.10. The molecule has 0 radical (unpaired) electrons. The van der Waals surface area contributed by atoms with Crippen molar-refractivity contribution in [2.45, 2.75) is 20.4 Å². The number of amides is 2. The molecule has 2 aromatic carbocycles. The quantitative estimate of drug-likeness (QED) is 0.726. The summed E-state index contributed by atoms with van der Waals surface area (Å²) in [4.78, 5) is 28.1. The van der Waals surface area contributed by atoms with Crippen molar-refractivity contribution < 1.29 is 14.0 Å². The molecule has 0 aliphatic rings. The van der Waals surface area contributed by atoms with Crippen LogP contribution in [0.4, 0.5) is 16.0 Å². The summed E-state index contributed by atoms with van der Waals surface area (Å²) in [6.45, 7) is 3.92. The van der Waals surface area contributed by atoms with Gasteiger partial charge in [0.25, 0.3) is 5.91 Å². The van der Waals surface area contributed by atoms with Crippen LogP contribution in [-0.2, 0) is 11.3 Å². The van der Waals surface area contributed by atoms with Gasteiger partial charge in [0.05, 0.1) is 0 Å². The number of aryl methyl sites for hydroxylation is 2. The zero-order chi connectivity index (χ0) is 19.4. The minimum absolute atomic E-state index is 0.0493. The second-order valence-corrected chi connectivity index (χ2v) is 6.07. The third-order valence-corrected chi connectivity index (χ3v) is 3.96. The topological polar surface area (TPSA) is 88.9 Å². The van der Waals surface area contributed by atoms with Crippen molar-refractivity contribution in [1.29, 1.82) is 0 Å². The van der Waals surface area contributed by atoms with Gasteiger partial charge in [-0.3, -0.25) is 14.9 Å². The number of hydrogen-bond donors (Lipinski definition) is 2. The van der Waals surface area contributed by atoms with E-state index in [9.17, 15) is 14.0 Å². The fourth-order valence-electron chi connectivity index (χ4n) is 2.37. The summed E-state index contributed by atoms with van der Waals surface area (Å²) >= 11 is 0. The largest absolute Gasteiger partial charge is 0.324 e. The van der Waals surface area contributed by atoms with E-state index in [0.717, 1.165) is 11.1 Å². The molecule has 3 rings (SSSR count). The molecule has 7 nitrogen and oxygen atoms in total. The van der Waals surface area contributed by atoms with Crippen molar-refractivity contribution in [1.82, 2.24) is 14.8 Å². The summed E-state index contributed by atoms with van der Waals surface area (Å²) in [7, 11) is 0. The Morgan fingerprint density at radius 2 is 1.78 bits per heavy atom. The monoisotopic (exact) mass is 367 g/mol. The van der Waals surface area contributed by atoms with Crippen LogP contribution in [0.3, 0.4) is 0 Å². The number of benzene rings is 2. The predicted octanol–water partition coefficient (Wildman–Crippen LogP) is 2.93. The van der Waals surface area contributed by atoms with Gasteiger partial charge < -0.3 is 5.32 Å². The molecule has 3 aromatic rings. The number of aromatic nitrogens is 3. The predicted molar refractivity (Wildman–Crippen MR) is 98.9 cm³/mol. The molecule has 0 aliphatic heterocycles. The number of hydrogen-bond acceptors (Lipinski definition) is 4. The highest BCUT2D eigenvalue weighted by Crippen LogP contribution is 2.14. The highest BCUT2D eigenvalue weighted by Gasteiger charge is 2.11. The highest BCUT2D eigenvalue weighted by atomic mass is 19.1. The van der Waals surface area contributed by atoms with Crippen molar-refractivity contribution in [3.63, 3.8) is 0 Å². The molecular weight excluding hydrogens is 349 g/mol. The van der Waals surface area contributed by atoms with Gasteiger partial charge in [0.15, 0.2) is 0 Å². The number of nitrogens with zero attached hydrogens (tertiary/aromatic N) is 3. The van der Waals surface area contributed by atoms with Crippen LogP contribution < -0.4 is 10.6 Å². The number of nitrogens with one attached hydrogen (secondary N) is 2. The van der Waals surface area contributed by atoms with Crippen molar-refractivity contribution in [3.05, 3.63) is 71.3 Å². The average Bonchev–Trinajstić information content (AvgIpc) is 3.05. The molecule has 0 atom stereocenters. The Labute approximate surface area is 155 Å². The van der Waals surface area contributed by atoms with Crippen molar-refractivity contribution in [3.8, 4) is 0 Å². The molecule has 1 heterocycles. The zero-order valence-corrected chi connectivity index (χ0v) is 14.9. The Kier molecular flexibility index (Phi) is 5.25. The van der Waals surface area contributed by atoms with Gasteiger partial charge in [0, 0.05) is 11.3 Å². The number of anilines is 2. The molecule has 138 valence electrons. The summed E-state index contributed by atoms with van der Waals surface area (Å²) in [6.07, 6.45) is 1.35. The Balaban J connectivity index is 1.58. The fourth-order valence-corrected chi connectivity index (χ4v) is 2.37. The van der Waals surface area contributed by atoms with Gasteiger partial charge in [-0.25, -0.2) is 14.1 Å². The molecule has 0 bridgehead atoms. The van der Waals surface area contributed by atoms with Crippen LogP contribution in [0.15, 0.2) is 48.8 Å². The molecule has 0 unspecified atom stereocenters. The van der Waals surface area contributed by atoms with E-state index >= 15 is 0 Å². The third kappa shape index (κ3) is 4.75. The van der Waals surface area contributed by atoms with E-state index in [2.05, 4.69) is 20.7 Å². The second kappa shape index (κ2) is 7.77. The molecular formula is C19H18FN5O2. The lowest BCUT2D eigenvalue weighted by Crippen LogP contribution is -2.19. The Bertz CT molecular complexity index is 982. The van der Waals surface area contributed by atoms with Gasteiger partial charge in [-0.15, -0.1) is 5.10 Å². The zero-order valence-electron chi connectivity index (χ0n) is 14.9. The Morgan fingerprint density at radius 3 is 2.48 bits per heavy atom. The van der Waals surface area contributed by atoms with Crippen molar-refractivity contribution >= 4 is 23.5 Å². The molecule has 8 heteroatoms. The molecule has 0 saturated carbocycles. The van der Waals surface area contributed by atoms with Crippen molar-refractivity contribution in [2.24, 2.45) is 0 Å². The van der Waals surface area contributed by atoms with Crippen LogP contribution in [0.25, 0.3) is 0 Å². The average molecular weight is 367 g/mol. The van der Waals surface area contributed by atoms with E-state index in [1.165, 1.54) is 35.3 Å². The molecule has 1 aromatic heterocycles. The molecule has 2 amide bonds. The highest BCUT2D eigenvalue weighted by molar-refractivity contribution is 6.03. The normalized spacial score (nSPS) is 10.5. The Hall–Kier alpha value is -3.55. The van der Waals surface area contributed by atoms with Crippen LogP contribution in [0.5, 0.6) is 0 Å². The molecule has 27 heavy (non-hydrogen) atoms. The van der Waals surface area contributed by atoms with E-state index in [4.69, 9.17) is 0 Å². The van der Waals surface area contributed by atoms with Crippen molar-refractivity contribution in [2.75, 3.05) is 10.6 Å². The van der Waals surface area contributed by atoms with Crippen LogP contribution in [-0.4, -0.2) is 26.6 Å². The number of halogens is 1. The van der Waals surface area contributed by atoms with Gasteiger partial charge in [-0.2, -0.15) is 0 Å².